The van der Waals surface area contributed by atoms with Gasteiger partial charge in [-0.15, -0.1) is 6.58 Å². The molecule has 3 rings (SSSR count). The number of hydrogen-bond acceptors (Lipinski definition) is 2. The summed E-state index contributed by atoms with van der Waals surface area (Å²) in [6, 6.07) is 6.86. The van der Waals surface area contributed by atoms with E-state index in [9.17, 15) is 22.4 Å². The van der Waals surface area contributed by atoms with Crippen molar-refractivity contribution < 1.29 is 22.4 Å². The molecule has 0 saturated heterocycles. The minimum atomic E-state index is -4.86. The van der Waals surface area contributed by atoms with E-state index in [1.807, 2.05) is 42.3 Å². The zero-order valence-corrected chi connectivity index (χ0v) is 16.8. The Bertz CT molecular complexity index is 1060. The number of carbonyl (C=O) groups is 1. The van der Waals surface area contributed by atoms with Gasteiger partial charge in [-0.2, -0.15) is 13.2 Å². The van der Waals surface area contributed by atoms with Crippen LogP contribution in [0.15, 0.2) is 73.0 Å². The van der Waals surface area contributed by atoms with Gasteiger partial charge in [0.2, 0.25) is 0 Å². The summed E-state index contributed by atoms with van der Waals surface area (Å²) < 4.78 is 52.0. The molecule has 2 amide bonds. The zero-order chi connectivity index (χ0) is 22.6. The van der Waals surface area contributed by atoms with Gasteiger partial charge in [0.05, 0.1) is 5.56 Å². The highest BCUT2D eigenvalue weighted by Gasteiger charge is 2.34. The number of allylic oxidation sites excluding steroid dienone is 3. The molecule has 0 aromatic heterocycles. The van der Waals surface area contributed by atoms with E-state index in [0.29, 0.717) is 24.4 Å². The number of hydrogen-bond donors (Lipinski definition) is 2. The monoisotopic (exact) mass is 431 g/mol. The fraction of sp³-hybridized carbons (Fsp3) is 0.174. The van der Waals surface area contributed by atoms with Crippen LogP contribution in [-0.2, 0) is 6.18 Å². The first-order valence-electron chi connectivity index (χ1n) is 9.46. The predicted molar refractivity (Wildman–Crippen MR) is 115 cm³/mol. The van der Waals surface area contributed by atoms with Crippen LogP contribution < -0.4 is 15.5 Å². The highest BCUT2D eigenvalue weighted by atomic mass is 19.4. The fourth-order valence-electron chi connectivity index (χ4n) is 3.20. The average molecular weight is 431 g/mol. The van der Waals surface area contributed by atoms with Crippen molar-refractivity contribution in [1.82, 2.24) is 0 Å². The molecule has 4 nitrogen and oxygen atoms in total. The van der Waals surface area contributed by atoms with Gasteiger partial charge < -0.3 is 15.5 Å². The normalized spacial score (nSPS) is 13.6. The van der Waals surface area contributed by atoms with Crippen molar-refractivity contribution in [2.75, 3.05) is 22.1 Å². The van der Waals surface area contributed by atoms with Crippen molar-refractivity contribution in [3.63, 3.8) is 0 Å². The second-order valence-corrected chi connectivity index (χ2v) is 7.06. The van der Waals surface area contributed by atoms with Gasteiger partial charge in [-0.1, -0.05) is 18.2 Å². The molecule has 0 aliphatic carbocycles. The molecule has 0 bridgehead atoms. The summed E-state index contributed by atoms with van der Waals surface area (Å²) in [5.41, 5.74) is 1.91. The van der Waals surface area contributed by atoms with Crippen LogP contribution >= 0.6 is 0 Å². The Labute approximate surface area is 177 Å². The van der Waals surface area contributed by atoms with Crippen molar-refractivity contribution in [2.45, 2.75) is 19.5 Å². The highest BCUT2D eigenvalue weighted by Crippen LogP contribution is 2.33. The molecule has 0 atom stereocenters. The first-order chi connectivity index (χ1) is 14.7. The lowest BCUT2D eigenvalue weighted by molar-refractivity contribution is -0.139. The molecule has 0 fully saturated rings. The van der Waals surface area contributed by atoms with E-state index in [4.69, 9.17) is 0 Å². The first-order valence-corrected chi connectivity index (χ1v) is 9.46. The number of nitrogens with zero attached hydrogens (tertiary/aromatic N) is 1. The van der Waals surface area contributed by atoms with Gasteiger partial charge in [-0.05, 0) is 60.9 Å². The molecular weight excluding hydrogens is 410 g/mol. The van der Waals surface area contributed by atoms with Crippen molar-refractivity contribution in [3.8, 4) is 0 Å². The van der Waals surface area contributed by atoms with Crippen LogP contribution in [0.4, 0.5) is 39.4 Å². The zero-order valence-electron chi connectivity index (χ0n) is 16.8. The molecule has 0 spiro atoms. The van der Waals surface area contributed by atoms with E-state index in [1.165, 1.54) is 5.57 Å². The molecule has 1 aliphatic heterocycles. The second-order valence-electron chi connectivity index (χ2n) is 7.06. The molecule has 2 aromatic carbocycles. The van der Waals surface area contributed by atoms with Gasteiger partial charge in [0, 0.05) is 29.8 Å². The lowest BCUT2D eigenvalue weighted by atomic mass is 10.1. The Balaban J connectivity index is 1.73. The third-order valence-electron chi connectivity index (χ3n) is 4.68. The largest absolute Gasteiger partial charge is 0.419 e. The predicted octanol–water partition coefficient (Wildman–Crippen LogP) is 6.63. The lowest BCUT2D eigenvalue weighted by Gasteiger charge is -2.26. The molecule has 31 heavy (non-hydrogen) atoms. The number of aryl methyl sites for hydroxylation is 1. The Morgan fingerprint density at radius 1 is 1.16 bits per heavy atom. The Morgan fingerprint density at radius 3 is 2.52 bits per heavy atom. The summed E-state index contributed by atoms with van der Waals surface area (Å²) in [7, 11) is 0. The minimum absolute atomic E-state index is 0.170. The van der Waals surface area contributed by atoms with Crippen LogP contribution in [0.2, 0.25) is 0 Å². The number of nitrogens with one attached hydrogen (secondary N) is 2. The van der Waals surface area contributed by atoms with E-state index in [2.05, 4.69) is 17.2 Å². The van der Waals surface area contributed by atoms with Gasteiger partial charge in [0.25, 0.3) is 0 Å². The Hall–Kier alpha value is -3.55. The Kier molecular flexibility index (Phi) is 6.48. The SMILES string of the molecule is C=CCC1=CC=CN(c2cc(NC(=O)Nc3ccc(F)c(C(F)(F)F)c3)ccc2C)C1. The van der Waals surface area contributed by atoms with Gasteiger partial charge >= 0.3 is 12.2 Å². The number of rotatable bonds is 5. The number of carbonyl (C=O) groups excluding carboxylic acids is 1. The topological polar surface area (TPSA) is 44.4 Å². The maximum Gasteiger partial charge on any atom is 0.419 e. The van der Waals surface area contributed by atoms with Crippen molar-refractivity contribution in [3.05, 3.63) is 89.9 Å². The van der Waals surface area contributed by atoms with Crippen molar-refractivity contribution >= 4 is 23.1 Å². The van der Waals surface area contributed by atoms with E-state index in [0.717, 1.165) is 23.7 Å². The van der Waals surface area contributed by atoms with Gasteiger partial charge in [-0.25, -0.2) is 9.18 Å². The second kappa shape index (κ2) is 9.07. The molecule has 2 N–H and O–H groups in total. The quantitative estimate of drug-likeness (QED) is 0.412. The van der Waals surface area contributed by atoms with Crippen molar-refractivity contribution in [1.29, 1.82) is 0 Å². The molecule has 162 valence electrons. The number of alkyl halides is 3. The van der Waals surface area contributed by atoms with Crippen LogP contribution in [0.5, 0.6) is 0 Å². The Morgan fingerprint density at radius 2 is 1.84 bits per heavy atom. The lowest BCUT2D eigenvalue weighted by Crippen LogP contribution is -2.23. The maximum atomic E-state index is 13.4. The molecule has 0 radical (unpaired) electrons. The highest BCUT2D eigenvalue weighted by molar-refractivity contribution is 6.00. The summed E-state index contributed by atoms with van der Waals surface area (Å²) in [4.78, 5) is 14.3. The van der Waals surface area contributed by atoms with Gasteiger partial charge in [-0.3, -0.25) is 0 Å². The van der Waals surface area contributed by atoms with Gasteiger partial charge in [0.1, 0.15) is 5.82 Å². The third kappa shape index (κ3) is 5.53. The molecule has 0 unspecified atom stereocenters. The van der Waals surface area contributed by atoms with E-state index >= 15 is 0 Å². The van der Waals surface area contributed by atoms with Crippen LogP contribution in [-0.4, -0.2) is 12.6 Å². The van der Waals surface area contributed by atoms with E-state index in [-0.39, 0.29) is 5.69 Å². The standard InChI is InChI=1S/C23H21F4N3O/c1-3-5-16-6-4-11-30(14-16)21-13-18(8-7-15(21)2)29-22(31)28-17-9-10-20(24)19(12-17)23(25,26)27/h3-4,6-13H,1,5,14H2,2H3,(H2,28,29,31). The smallest absolute Gasteiger partial charge is 0.344 e. The van der Waals surface area contributed by atoms with Crippen LogP contribution in [0.3, 0.4) is 0 Å². The summed E-state index contributed by atoms with van der Waals surface area (Å²) >= 11 is 0. The first kappa shape index (κ1) is 22.1. The molecule has 0 saturated carbocycles. The number of anilines is 3. The van der Waals surface area contributed by atoms with E-state index in [1.54, 1.807) is 12.1 Å². The average Bonchev–Trinajstić information content (AvgIpc) is 2.70. The summed E-state index contributed by atoms with van der Waals surface area (Å²) in [5, 5.41) is 4.90. The summed E-state index contributed by atoms with van der Waals surface area (Å²) in [5.74, 6) is -1.40. The van der Waals surface area contributed by atoms with Crippen LogP contribution in [0.25, 0.3) is 0 Å². The van der Waals surface area contributed by atoms with E-state index < -0.39 is 23.6 Å². The molecule has 1 aliphatic rings. The molecule has 2 aromatic rings. The number of urea groups is 1. The fourth-order valence-corrected chi connectivity index (χ4v) is 3.20. The maximum absolute atomic E-state index is 13.4. The summed E-state index contributed by atoms with van der Waals surface area (Å²) in [6.07, 6.45) is 3.62. The van der Waals surface area contributed by atoms with Crippen molar-refractivity contribution in [2.24, 2.45) is 0 Å². The van der Waals surface area contributed by atoms with Crippen LogP contribution in [0.1, 0.15) is 17.5 Å². The minimum Gasteiger partial charge on any atom is -0.344 e. The number of halogens is 4. The molecule has 8 heteroatoms. The van der Waals surface area contributed by atoms with Crippen LogP contribution in [0, 0.1) is 12.7 Å². The summed E-state index contributed by atoms with van der Waals surface area (Å²) in [6.45, 7) is 6.37. The number of benzene rings is 2. The third-order valence-corrected chi connectivity index (χ3v) is 4.68. The molecular formula is C23H21F4N3O. The van der Waals surface area contributed by atoms with Gasteiger partial charge in [0.15, 0.2) is 0 Å². The molecule has 1 heterocycles. The number of amides is 2.